The van der Waals surface area contributed by atoms with E-state index in [4.69, 9.17) is 4.74 Å². The molecule has 15 heavy (non-hydrogen) atoms. The minimum atomic E-state index is -3.13. The summed E-state index contributed by atoms with van der Waals surface area (Å²) in [4.78, 5) is 0.634. The number of methoxy groups -OCH3 is 1. The molecule has 6 heteroatoms. The van der Waals surface area contributed by atoms with Crippen molar-refractivity contribution >= 4 is 35.6 Å². The Bertz CT molecular complexity index is 468. The highest BCUT2D eigenvalue weighted by molar-refractivity contribution is 9.10. The van der Waals surface area contributed by atoms with Crippen molar-refractivity contribution in [3.63, 3.8) is 0 Å². The standard InChI is InChI=1S/C9H11BrO3S2/c1-6-7(10)4-5-8(13-2)9(6)14-15(3,11)12/h4-5H,1-3H3. The van der Waals surface area contributed by atoms with Crippen molar-refractivity contribution in [2.75, 3.05) is 13.4 Å². The Morgan fingerprint density at radius 1 is 1.40 bits per heavy atom. The SMILES string of the molecule is COc1ccc(Br)c(C)c1SS(C)(=O)=O. The summed E-state index contributed by atoms with van der Waals surface area (Å²) in [5.74, 6) is 0.575. The van der Waals surface area contributed by atoms with Crippen LogP contribution in [-0.4, -0.2) is 21.8 Å². The van der Waals surface area contributed by atoms with Gasteiger partial charge in [-0.2, -0.15) is 0 Å². The highest BCUT2D eigenvalue weighted by Gasteiger charge is 2.15. The lowest BCUT2D eigenvalue weighted by Gasteiger charge is -2.11. The van der Waals surface area contributed by atoms with Crippen LogP contribution in [0.2, 0.25) is 0 Å². The van der Waals surface area contributed by atoms with Gasteiger partial charge in [0.05, 0.1) is 12.0 Å². The second-order valence-corrected chi connectivity index (χ2v) is 8.15. The highest BCUT2D eigenvalue weighted by atomic mass is 79.9. The van der Waals surface area contributed by atoms with Gasteiger partial charge in [-0.25, -0.2) is 8.42 Å². The largest absolute Gasteiger partial charge is 0.496 e. The monoisotopic (exact) mass is 310 g/mol. The van der Waals surface area contributed by atoms with Crippen LogP contribution in [0.1, 0.15) is 5.56 Å². The van der Waals surface area contributed by atoms with Gasteiger partial charge in [-0.3, -0.25) is 0 Å². The molecule has 0 amide bonds. The molecular formula is C9H11BrO3S2. The maximum Gasteiger partial charge on any atom is 0.203 e. The van der Waals surface area contributed by atoms with Gasteiger partial charge in [-0.15, -0.1) is 0 Å². The molecule has 0 unspecified atom stereocenters. The number of ether oxygens (including phenoxy) is 1. The molecule has 0 saturated heterocycles. The summed E-state index contributed by atoms with van der Waals surface area (Å²) in [6.45, 7) is 1.85. The molecule has 0 radical (unpaired) electrons. The van der Waals surface area contributed by atoms with E-state index in [1.807, 2.05) is 13.0 Å². The van der Waals surface area contributed by atoms with Crippen molar-refractivity contribution < 1.29 is 13.2 Å². The molecule has 0 aliphatic carbocycles. The summed E-state index contributed by atoms with van der Waals surface area (Å²) >= 11 is 3.35. The molecule has 0 N–H and O–H groups in total. The summed E-state index contributed by atoms with van der Waals surface area (Å²) in [5.41, 5.74) is 0.866. The lowest BCUT2D eigenvalue weighted by Crippen LogP contribution is -1.94. The first-order chi connectivity index (χ1) is 6.85. The van der Waals surface area contributed by atoms with Crippen LogP contribution in [0.3, 0.4) is 0 Å². The number of benzene rings is 1. The molecule has 0 heterocycles. The van der Waals surface area contributed by atoms with Crippen LogP contribution in [0.4, 0.5) is 0 Å². The Hall–Kier alpha value is -0.200. The zero-order chi connectivity index (χ0) is 11.6. The fourth-order valence-corrected chi connectivity index (χ4v) is 3.82. The zero-order valence-electron chi connectivity index (χ0n) is 8.57. The maximum atomic E-state index is 11.2. The second kappa shape index (κ2) is 4.76. The molecule has 0 aliphatic heterocycles. The van der Waals surface area contributed by atoms with Crippen molar-refractivity contribution in [2.24, 2.45) is 0 Å². The van der Waals surface area contributed by atoms with Gasteiger partial charge in [0.1, 0.15) is 5.75 Å². The average Bonchev–Trinajstić information content (AvgIpc) is 2.11. The Morgan fingerprint density at radius 3 is 2.47 bits per heavy atom. The quantitative estimate of drug-likeness (QED) is 0.805. The number of rotatable bonds is 3. The minimum Gasteiger partial charge on any atom is -0.496 e. The van der Waals surface area contributed by atoms with Gasteiger partial charge >= 0.3 is 0 Å². The first-order valence-corrected chi connectivity index (χ1v) is 8.09. The Balaban J connectivity index is 3.30. The first kappa shape index (κ1) is 12.9. The third-order valence-electron chi connectivity index (χ3n) is 1.76. The van der Waals surface area contributed by atoms with Crippen molar-refractivity contribution in [1.29, 1.82) is 0 Å². The Kier molecular flexibility index (Phi) is 4.08. The fourth-order valence-electron chi connectivity index (χ4n) is 1.06. The van der Waals surface area contributed by atoms with E-state index < -0.39 is 8.87 Å². The molecule has 0 aromatic heterocycles. The van der Waals surface area contributed by atoms with Crippen LogP contribution >= 0.6 is 26.7 Å². The van der Waals surface area contributed by atoms with Gasteiger partial charge < -0.3 is 4.74 Å². The van der Waals surface area contributed by atoms with E-state index in [9.17, 15) is 8.42 Å². The molecule has 1 aromatic rings. The molecule has 84 valence electrons. The van der Waals surface area contributed by atoms with Crippen molar-refractivity contribution in [2.45, 2.75) is 11.8 Å². The average molecular weight is 311 g/mol. The Labute approximate surface area is 102 Å². The minimum absolute atomic E-state index is 0.575. The predicted molar refractivity (Wildman–Crippen MR) is 66.1 cm³/mol. The molecular weight excluding hydrogens is 300 g/mol. The van der Waals surface area contributed by atoms with E-state index in [2.05, 4.69) is 15.9 Å². The lowest BCUT2D eigenvalue weighted by atomic mass is 10.2. The molecule has 0 fully saturated rings. The van der Waals surface area contributed by atoms with Crippen molar-refractivity contribution in [3.05, 3.63) is 22.2 Å². The van der Waals surface area contributed by atoms with E-state index >= 15 is 0 Å². The Morgan fingerprint density at radius 2 is 2.00 bits per heavy atom. The summed E-state index contributed by atoms with van der Waals surface area (Å²) < 4.78 is 28.4. The van der Waals surface area contributed by atoms with E-state index in [0.29, 0.717) is 10.6 Å². The van der Waals surface area contributed by atoms with E-state index in [0.717, 1.165) is 20.8 Å². The van der Waals surface area contributed by atoms with Crippen LogP contribution in [-0.2, 0) is 8.87 Å². The van der Waals surface area contributed by atoms with Gasteiger partial charge in [-0.05, 0) is 24.6 Å². The first-order valence-electron chi connectivity index (χ1n) is 4.07. The van der Waals surface area contributed by atoms with Crippen LogP contribution in [0.5, 0.6) is 5.75 Å². The van der Waals surface area contributed by atoms with Gasteiger partial charge in [0, 0.05) is 21.5 Å². The molecule has 0 aliphatic rings. The summed E-state index contributed by atoms with van der Waals surface area (Å²) in [6, 6.07) is 3.57. The van der Waals surface area contributed by atoms with Crippen LogP contribution in [0.15, 0.2) is 21.5 Å². The summed E-state index contributed by atoms with van der Waals surface area (Å²) in [5, 5.41) is 0. The molecule has 0 bridgehead atoms. The van der Waals surface area contributed by atoms with Crippen molar-refractivity contribution in [1.82, 2.24) is 0 Å². The third-order valence-corrected chi connectivity index (χ3v) is 5.00. The number of halogens is 1. The van der Waals surface area contributed by atoms with Gasteiger partial charge in [0.25, 0.3) is 0 Å². The normalized spacial score (nSPS) is 11.5. The summed E-state index contributed by atoms with van der Waals surface area (Å²) in [7, 11) is -0.800. The zero-order valence-corrected chi connectivity index (χ0v) is 11.8. The molecule has 0 saturated carbocycles. The molecule has 0 spiro atoms. The smallest absolute Gasteiger partial charge is 0.203 e. The molecule has 3 nitrogen and oxygen atoms in total. The van der Waals surface area contributed by atoms with Crippen LogP contribution in [0, 0.1) is 6.92 Å². The highest BCUT2D eigenvalue weighted by Crippen LogP contribution is 2.38. The number of hydrogen-bond donors (Lipinski definition) is 0. The molecule has 1 aromatic carbocycles. The third kappa shape index (κ3) is 3.39. The van der Waals surface area contributed by atoms with Gasteiger partial charge in [0.2, 0.25) is 8.87 Å². The predicted octanol–water partition coefficient (Wildman–Crippen LogP) is 2.82. The van der Waals surface area contributed by atoms with Gasteiger partial charge in [0.15, 0.2) is 0 Å². The lowest BCUT2D eigenvalue weighted by molar-refractivity contribution is 0.404. The van der Waals surface area contributed by atoms with Crippen LogP contribution < -0.4 is 4.74 Å². The van der Waals surface area contributed by atoms with E-state index in [-0.39, 0.29) is 0 Å². The molecule has 0 atom stereocenters. The second-order valence-electron chi connectivity index (χ2n) is 2.99. The maximum absolute atomic E-state index is 11.2. The van der Waals surface area contributed by atoms with Gasteiger partial charge in [-0.1, -0.05) is 15.9 Å². The summed E-state index contributed by atoms with van der Waals surface area (Å²) in [6.07, 6.45) is 1.18. The number of hydrogen-bond acceptors (Lipinski definition) is 4. The molecule has 1 rings (SSSR count). The van der Waals surface area contributed by atoms with Crippen LogP contribution in [0.25, 0.3) is 0 Å². The van der Waals surface area contributed by atoms with Crippen molar-refractivity contribution in [3.8, 4) is 5.75 Å². The van der Waals surface area contributed by atoms with E-state index in [1.165, 1.54) is 13.4 Å². The fraction of sp³-hybridized carbons (Fsp3) is 0.333. The van der Waals surface area contributed by atoms with E-state index in [1.54, 1.807) is 6.07 Å². The topological polar surface area (TPSA) is 43.4 Å².